The molecule has 0 aliphatic carbocycles. The normalized spacial score (nSPS) is 11.9. The van der Waals surface area contributed by atoms with Crippen molar-refractivity contribution in [3.05, 3.63) is 72.2 Å². The standard InChI is InChI=1S/C17H14Cl3N3O3S2/c1-2-22(10-12-5-8-15(19)27-12)28(25,26)13-6-3-11(4-7-13)23-17(24)16(20)14(18)9-21-23/h3-9H,2,10H2,1H3. The molecular weight excluding hydrogens is 465 g/mol. The lowest BCUT2D eigenvalue weighted by Gasteiger charge is -2.20. The summed E-state index contributed by atoms with van der Waals surface area (Å²) in [6.07, 6.45) is 1.25. The summed E-state index contributed by atoms with van der Waals surface area (Å²) in [6, 6.07) is 9.36. The average molecular weight is 479 g/mol. The van der Waals surface area contributed by atoms with E-state index in [9.17, 15) is 13.2 Å². The van der Waals surface area contributed by atoms with Crippen LogP contribution < -0.4 is 5.56 Å². The predicted octanol–water partition coefficient (Wildman–Crippen LogP) is 4.47. The Balaban J connectivity index is 1.91. The molecule has 0 radical (unpaired) electrons. The highest BCUT2D eigenvalue weighted by molar-refractivity contribution is 7.89. The van der Waals surface area contributed by atoms with Gasteiger partial charge in [-0.3, -0.25) is 4.79 Å². The lowest BCUT2D eigenvalue weighted by atomic mass is 10.3. The SMILES string of the molecule is CCN(Cc1ccc(Cl)s1)S(=O)(=O)c1ccc(-n2ncc(Cl)c(Cl)c2=O)cc1. The van der Waals surface area contributed by atoms with Gasteiger partial charge in [-0.1, -0.05) is 41.7 Å². The van der Waals surface area contributed by atoms with Crippen LogP contribution in [-0.2, 0) is 16.6 Å². The number of hydrogen-bond donors (Lipinski definition) is 0. The smallest absolute Gasteiger partial charge is 0.266 e. The fraction of sp³-hybridized carbons (Fsp3) is 0.176. The molecule has 0 bridgehead atoms. The van der Waals surface area contributed by atoms with Crippen LogP contribution in [0.4, 0.5) is 0 Å². The van der Waals surface area contributed by atoms with Gasteiger partial charge in [-0.2, -0.15) is 14.1 Å². The minimum Gasteiger partial charge on any atom is -0.266 e. The first-order valence-electron chi connectivity index (χ1n) is 8.02. The Bertz CT molecular complexity index is 1160. The molecule has 0 spiro atoms. The molecule has 0 aliphatic rings. The monoisotopic (exact) mass is 477 g/mol. The minimum absolute atomic E-state index is 0.0504. The zero-order valence-corrected chi connectivity index (χ0v) is 18.4. The quantitative estimate of drug-likeness (QED) is 0.524. The van der Waals surface area contributed by atoms with Gasteiger partial charge in [0, 0.05) is 18.0 Å². The molecule has 0 saturated carbocycles. The molecule has 0 aliphatic heterocycles. The van der Waals surface area contributed by atoms with Crippen molar-refractivity contribution in [1.29, 1.82) is 0 Å². The first-order chi connectivity index (χ1) is 13.2. The molecule has 28 heavy (non-hydrogen) atoms. The van der Waals surface area contributed by atoms with E-state index in [-0.39, 0.29) is 21.5 Å². The number of hydrogen-bond acceptors (Lipinski definition) is 5. The van der Waals surface area contributed by atoms with Crippen LogP contribution in [-0.4, -0.2) is 29.0 Å². The van der Waals surface area contributed by atoms with Gasteiger partial charge in [0.05, 0.1) is 26.1 Å². The molecule has 2 aromatic heterocycles. The molecule has 3 aromatic rings. The maximum atomic E-state index is 13.0. The number of thiophene rings is 1. The Labute approximate surface area is 180 Å². The van der Waals surface area contributed by atoms with Crippen molar-refractivity contribution in [2.45, 2.75) is 18.4 Å². The van der Waals surface area contributed by atoms with Crippen LogP contribution in [0.25, 0.3) is 5.69 Å². The lowest BCUT2D eigenvalue weighted by Crippen LogP contribution is -2.30. The van der Waals surface area contributed by atoms with E-state index >= 15 is 0 Å². The molecule has 0 N–H and O–H groups in total. The lowest BCUT2D eigenvalue weighted by molar-refractivity contribution is 0.426. The van der Waals surface area contributed by atoms with Crippen LogP contribution in [0.1, 0.15) is 11.8 Å². The average Bonchev–Trinajstić information content (AvgIpc) is 3.09. The predicted molar refractivity (Wildman–Crippen MR) is 112 cm³/mol. The number of rotatable bonds is 6. The molecular formula is C17H14Cl3N3O3S2. The molecule has 2 heterocycles. The minimum atomic E-state index is -3.72. The van der Waals surface area contributed by atoms with Crippen LogP contribution in [0.2, 0.25) is 14.4 Å². The fourth-order valence-electron chi connectivity index (χ4n) is 2.48. The zero-order chi connectivity index (χ0) is 20.5. The first-order valence-corrected chi connectivity index (χ1v) is 11.4. The number of halogens is 3. The summed E-state index contributed by atoms with van der Waals surface area (Å²) in [7, 11) is -3.72. The third kappa shape index (κ3) is 4.27. The Morgan fingerprint density at radius 2 is 1.79 bits per heavy atom. The summed E-state index contributed by atoms with van der Waals surface area (Å²) in [4.78, 5) is 13.1. The highest BCUT2D eigenvalue weighted by Gasteiger charge is 2.24. The van der Waals surface area contributed by atoms with Crippen molar-refractivity contribution in [3.63, 3.8) is 0 Å². The van der Waals surface area contributed by atoms with E-state index < -0.39 is 15.6 Å². The van der Waals surface area contributed by atoms with Crippen LogP contribution in [0.15, 0.2) is 52.3 Å². The molecule has 1 aromatic carbocycles. The molecule has 0 amide bonds. The molecule has 0 fully saturated rings. The fourth-order valence-corrected chi connectivity index (χ4v) is 5.35. The van der Waals surface area contributed by atoms with Crippen molar-refractivity contribution in [3.8, 4) is 5.69 Å². The highest BCUT2D eigenvalue weighted by Crippen LogP contribution is 2.26. The van der Waals surface area contributed by atoms with Crippen molar-refractivity contribution in [2.75, 3.05) is 6.54 Å². The van der Waals surface area contributed by atoms with Crippen molar-refractivity contribution in [1.82, 2.24) is 14.1 Å². The first kappa shape index (κ1) is 21.3. The van der Waals surface area contributed by atoms with Crippen LogP contribution in [0.3, 0.4) is 0 Å². The van der Waals surface area contributed by atoms with Gasteiger partial charge < -0.3 is 0 Å². The van der Waals surface area contributed by atoms with Gasteiger partial charge in [-0.25, -0.2) is 8.42 Å². The van der Waals surface area contributed by atoms with Gasteiger partial charge in [0.1, 0.15) is 5.02 Å². The van der Waals surface area contributed by atoms with Gasteiger partial charge in [-0.05, 0) is 36.4 Å². The van der Waals surface area contributed by atoms with Gasteiger partial charge in [0.2, 0.25) is 10.0 Å². The van der Waals surface area contributed by atoms with E-state index in [1.807, 2.05) is 0 Å². The van der Waals surface area contributed by atoms with Crippen LogP contribution in [0, 0.1) is 0 Å². The number of nitrogens with zero attached hydrogens (tertiary/aromatic N) is 3. The van der Waals surface area contributed by atoms with Crippen molar-refractivity contribution in [2.24, 2.45) is 0 Å². The third-order valence-corrected chi connectivity index (χ3v) is 7.81. The van der Waals surface area contributed by atoms with Crippen LogP contribution in [0.5, 0.6) is 0 Å². The summed E-state index contributed by atoms with van der Waals surface area (Å²) >= 11 is 18.9. The number of aromatic nitrogens is 2. The summed E-state index contributed by atoms with van der Waals surface area (Å²) in [5, 5.41) is 3.82. The topological polar surface area (TPSA) is 72.3 Å². The van der Waals surface area contributed by atoms with E-state index in [0.29, 0.717) is 16.6 Å². The van der Waals surface area contributed by atoms with Crippen molar-refractivity contribution < 1.29 is 8.42 Å². The Kier molecular flexibility index (Phi) is 6.48. The molecule has 11 heteroatoms. The Morgan fingerprint density at radius 3 is 2.36 bits per heavy atom. The summed E-state index contributed by atoms with van der Waals surface area (Å²) in [6.45, 7) is 2.29. The summed E-state index contributed by atoms with van der Waals surface area (Å²) < 4.78 is 28.9. The van der Waals surface area contributed by atoms with Gasteiger partial charge in [0.25, 0.3) is 5.56 Å². The maximum absolute atomic E-state index is 13.0. The summed E-state index contributed by atoms with van der Waals surface area (Å²) in [5.41, 5.74) is -0.217. The second kappa shape index (κ2) is 8.52. The van der Waals surface area contributed by atoms with Crippen LogP contribution >= 0.6 is 46.1 Å². The number of benzene rings is 1. The van der Waals surface area contributed by atoms with E-state index in [2.05, 4.69) is 5.10 Å². The third-order valence-electron chi connectivity index (χ3n) is 3.91. The molecule has 6 nitrogen and oxygen atoms in total. The second-order valence-electron chi connectivity index (χ2n) is 5.65. The van der Waals surface area contributed by atoms with Gasteiger partial charge in [0.15, 0.2) is 0 Å². The Hall–Kier alpha value is -1.42. The highest BCUT2D eigenvalue weighted by atomic mass is 35.5. The molecule has 0 saturated heterocycles. The molecule has 3 rings (SSSR count). The van der Waals surface area contributed by atoms with Crippen molar-refractivity contribution >= 4 is 56.2 Å². The molecule has 148 valence electrons. The molecule has 0 unspecified atom stereocenters. The van der Waals surface area contributed by atoms with E-state index in [1.54, 1.807) is 19.1 Å². The number of sulfonamides is 1. The largest absolute Gasteiger partial charge is 0.291 e. The molecule has 0 atom stereocenters. The van der Waals surface area contributed by atoms with Gasteiger partial charge in [-0.15, -0.1) is 11.3 Å². The maximum Gasteiger partial charge on any atom is 0.291 e. The van der Waals surface area contributed by atoms with E-state index in [4.69, 9.17) is 34.8 Å². The second-order valence-corrected chi connectivity index (χ2v) is 10.2. The van der Waals surface area contributed by atoms with E-state index in [0.717, 1.165) is 9.56 Å². The van der Waals surface area contributed by atoms with Gasteiger partial charge >= 0.3 is 0 Å². The van der Waals surface area contributed by atoms with E-state index in [1.165, 1.54) is 46.1 Å². The summed E-state index contributed by atoms with van der Waals surface area (Å²) in [5.74, 6) is 0. The Morgan fingerprint density at radius 1 is 1.11 bits per heavy atom. The zero-order valence-electron chi connectivity index (χ0n) is 14.5.